The van der Waals surface area contributed by atoms with Gasteiger partial charge in [-0.05, 0) is 31.5 Å². The minimum Gasteiger partial charge on any atom is -0.495 e. The Morgan fingerprint density at radius 3 is 2.67 bits per heavy atom. The van der Waals surface area contributed by atoms with Crippen LogP contribution in [0, 0.1) is 13.8 Å². The molecule has 1 aromatic heterocycles. The molecule has 1 N–H and O–H groups in total. The Hall–Kier alpha value is -2.30. The smallest absolute Gasteiger partial charge is 0.261 e. The first-order valence-corrected chi connectivity index (χ1v) is 6.86. The minimum absolute atomic E-state index is 0.0892. The predicted molar refractivity (Wildman–Crippen MR) is 81.0 cm³/mol. The zero-order chi connectivity index (χ0) is 15.6. The van der Waals surface area contributed by atoms with Crippen LogP contribution in [0.1, 0.15) is 47.1 Å². The minimum atomic E-state index is -0.235. The van der Waals surface area contributed by atoms with Crippen LogP contribution >= 0.6 is 0 Å². The molecule has 2 aromatic rings. The van der Waals surface area contributed by atoms with Gasteiger partial charge in [0.05, 0.1) is 18.5 Å². The number of carbonyl (C=O) groups is 1. The summed E-state index contributed by atoms with van der Waals surface area (Å²) in [4.78, 5) is 12.5. The normalized spacial score (nSPS) is 10.8. The number of nitrogens with zero attached hydrogens (tertiary/aromatic N) is 1. The van der Waals surface area contributed by atoms with Crippen LogP contribution in [0.4, 0.5) is 5.69 Å². The Balaban J connectivity index is 2.35. The van der Waals surface area contributed by atoms with E-state index in [1.54, 1.807) is 14.0 Å². The van der Waals surface area contributed by atoms with Crippen molar-refractivity contribution in [2.45, 2.75) is 33.6 Å². The molecule has 0 fully saturated rings. The van der Waals surface area contributed by atoms with Crippen molar-refractivity contribution in [3.05, 3.63) is 40.8 Å². The number of hydrogen-bond donors (Lipinski definition) is 1. The van der Waals surface area contributed by atoms with Gasteiger partial charge < -0.3 is 14.6 Å². The van der Waals surface area contributed by atoms with Gasteiger partial charge in [-0.2, -0.15) is 0 Å². The van der Waals surface area contributed by atoms with Gasteiger partial charge >= 0.3 is 0 Å². The zero-order valence-electron chi connectivity index (χ0n) is 13.0. The second-order valence-corrected chi connectivity index (χ2v) is 5.32. The van der Waals surface area contributed by atoms with Crippen LogP contribution in [-0.4, -0.2) is 18.2 Å². The molecule has 5 nitrogen and oxygen atoms in total. The quantitative estimate of drug-likeness (QED) is 0.932. The average molecular weight is 288 g/mol. The molecule has 1 heterocycles. The first-order chi connectivity index (χ1) is 9.93. The van der Waals surface area contributed by atoms with E-state index in [2.05, 4.69) is 10.5 Å². The van der Waals surface area contributed by atoms with Gasteiger partial charge in [0, 0.05) is 5.92 Å². The summed E-state index contributed by atoms with van der Waals surface area (Å²) in [7, 11) is 1.57. The van der Waals surface area contributed by atoms with Crippen molar-refractivity contribution in [3.8, 4) is 5.75 Å². The Labute approximate surface area is 124 Å². The van der Waals surface area contributed by atoms with Crippen molar-refractivity contribution in [1.29, 1.82) is 0 Å². The molecule has 0 aliphatic carbocycles. The fraction of sp³-hybridized carbons (Fsp3) is 0.375. The fourth-order valence-electron chi connectivity index (χ4n) is 2.16. The molecule has 1 aromatic carbocycles. The maximum Gasteiger partial charge on any atom is 0.261 e. The van der Waals surface area contributed by atoms with Gasteiger partial charge in [-0.25, -0.2) is 0 Å². The van der Waals surface area contributed by atoms with E-state index >= 15 is 0 Å². The molecule has 1 amide bonds. The highest BCUT2D eigenvalue weighted by molar-refractivity contribution is 6.06. The second-order valence-electron chi connectivity index (χ2n) is 5.32. The highest BCUT2D eigenvalue weighted by Gasteiger charge is 2.23. The molecular formula is C16H20N2O3. The van der Waals surface area contributed by atoms with Crippen LogP contribution < -0.4 is 10.1 Å². The lowest BCUT2D eigenvalue weighted by Gasteiger charge is -2.11. The molecule has 2 rings (SSSR count). The number of methoxy groups -OCH3 is 1. The van der Waals surface area contributed by atoms with Crippen LogP contribution in [0.25, 0.3) is 0 Å². The highest BCUT2D eigenvalue weighted by atomic mass is 16.5. The van der Waals surface area contributed by atoms with Gasteiger partial charge in [0.1, 0.15) is 11.3 Å². The number of amides is 1. The molecule has 0 unspecified atom stereocenters. The summed E-state index contributed by atoms with van der Waals surface area (Å²) in [6.07, 6.45) is 0. The monoisotopic (exact) mass is 288 g/mol. The largest absolute Gasteiger partial charge is 0.495 e. The SMILES string of the molecule is COc1ccc(C)cc1NC(=O)c1c(C)noc1C(C)C. The summed E-state index contributed by atoms with van der Waals surface area (Å²) >= 11 is 0. The van der Waals surface area contributed by atoms with Gasteiger partial charge in [0.15, 0.2) is 5.76 Å². The number of hydrogen-bond acceptors (Lipinski definition) is 4. The predicted octanol–water partition coefficient (Wildman–Crippen LogP) is 3.68. The number of aromatic nitrogens is 1. The lowest BCUT2D eigenvalue weighted by atomic mass is 10.0. The Morgan fingerprint density at radius 1 is 1.33 bits per heavy atom. The number of ether oxygens (including phenoxy) is 1. The Bertz CT molecular complexity index is 660. The first kappa shape index (κ1) is 15.1. The molecule has 0 radical (unpaired) electrons. The van der Waals surface area contributed by atoms with Gasteiger partial charge in [0.25, 0.3) is 5.91 Å². The third-order valence-electron chi connectivity index (χ3n) is 3.24. The molecule has 0 aliphatic rings. The van der Waals surface area contributed by atoms with Gasteiger partial charge in [-0.15, -0.1) is 0 Å². The van der Waals surface area contributed by atoms with E-state index in [1.807, 2.05) is 39.0 Å². The maximum atomic E-state index is 12.5. The summed E-state index contributed by atoms with van der Waals surface area (Å²) < 4.78 is 10.5. The standard InChI is InChI=1S/C16H20N2O3/c1-9(2)15-14(11(4)18-21-15)16(19)17-12-8-10(3)6-7-13(12)20-5/h6-9H,1-5H3,(H,17,19). The number of nitrogens with one attached hydrogen (secondary N) is 1. The molecule has 0 spiro atoms. The van der Waals surface area contributed by atoms with Crippen molar-refractivity contribution < 1.29 is 14.1 Å². The maximum absolute atomic E-state index is 12.5. The summed E-state index contributed by atoms with van der Waals surface area (Å²) in [6.45, 7) is 7.64. The van der Waals surface area contributed by atoms with Crippen LogP contribution in [-0.2, 0) is 0 Å². The summed E-state index contributed by atoms with van der Waals surface area (Å²) in [6, 6.07) is 5.63. The van der Waals surface area contributed by atoms with Crippen molar-refractivity contribution in [2.24, 2.45) is 0 Å². The Kier molecular flexibility index (Phi) is 4.31. The molecule has 0 saturated carbocycles. The van der Waals surface area contributed by atoms with Crippen LogP contribution in [0.5, 0.6) is 5.75 Å². The summed E-state index contributed by atoms with van der Waals surface area (Å²) in [5.41, 5.74) is 2.76. The first-order valence-electron chi connectivity index (χ1n) is 6.86. The topological polar surface area (TPSA) is 64.4 Å². The summed E-state index contributed by atoms with van der Waals surface area (Å²) in [5, 5.41) is 6.77. The molecule has 0 aliphatic heterocycles. The lowest BCUT2D eigenvalue weighted by Crippen LogP contribution is -2.15. The van der Waals surface area contributed by atoms with E-state index in [-0.39, 0.29) is 11.8 Å². The second kappa shape index (κ2) is 5.99. The van der Waals surface area contributed by atoms with Gasteiger partial charge in [0.2, 0.25) is 0 Å². The number of carbonyl (C=O) groups excluding carboxylic acids is 1. The van der Waals surface area contributed by atoms with Crippen molar-refractivity contribution in [1.82, 2.24) is 5.16 Å². The van der Waals surface area contributed by atoms with E-state index in [0.717, 1.165) is 5.56 Å². The lowest BCUT2D eigenvalue weighted by molar-refractivity contribution is 0.102. The van der Waals surface area contributed by atoms with Crippen molar-refractivity contribution in [3.63, 3.8) is 0 Å². The highest BCUT2D eigenvalue weighted by Crippen LogP contribution is 2.28. The molecule has 21 heavy (non-hydrogen) atoms. The molecule has 5 heteroatoms. The number of rotatable bonds is 4. The molecular weight excluding hydrogens is 268 g/mol. The third-order valence-corrected chi connectivity index (χ3v) is 3.24. The van der Waals surface area contributed by atoms with Crippen LogP contribution in [0.3, 0.4) is 0 Å². The molecule has 112 valence electrons. The van der Waals surface area contributed by atoms with Gasteiger partial charge in [-0.1, -0.05) is 25.1 Å². The molecule has 0 saturated heterocycles. The van der Waals surface area contributed by atoms with Crippen molar-refractivity contribution >= 4 is 11.6 Å². The Morgan fingerprint density at radius 2 is 2.05 bits per heavy atom. The van der Waals surface area contributed by atoms with E-state index in [4.69, 9.17) is 9.26 Å². The molecule has 0 bridgehead atoms. The van der Waals surface area contributed by atoms with E-state index < -0.39 is 0 Å². The van der Waals surface area contributed by atoms with E-state index in [1.165, 1.54) is 0 Å². The zero-order valence-corrected chi connectivity index (χ0v) is 13.0. The van der Waals surface area contributed by atoms with Crippen LogP contribution in [0.2, 0.25) is 0 Å². The van der Waals surface area contributed by atoms with E-state index in [0.29, 0.717) is 28.5 Å². The number of anilines is 1. The summed E-state index contributed by atoms with van der Waals surface area (Å²) in [5.74, 6) is 1.07. The van der Waals surface area contributed by atoms with Crippen molar-refractivity contribution in [2.75, 3.05) is 12.4 Å². The number of aryl methyl sites for hydroxylation is 2. The fourth-order valence-corrected chi connectivity index (χ4v) is 2.16. The number of benzene rings is 1. The van der Waals surface area contributed by atoms with Crippen LogP contribution in [0.15, 0.2) is 22.7 Å². The average Bonchev–Trinajstić information content (AvgIpc) is 2.81. The third kappa shape index (κ3) is 3.07. The van der Waals surface area contributed by atoms with E-state index in [9.17, 15) is 4.79 Å². The molecule has 0 atom stereocenters. The van der Waals surface area contributed by atoms with Gasteiger partial charge in [-0.3, -0.25) is 4.79 Å².